The summed E-state index contributed by atoms with van der Waals surface area (Å²) in [7, 11) is -0.580. The fourth-order valence-electron chi connectivity index (χ4n) is 3.26. The van der Waals surface area contributed by atoms with Crippen molar-refractivity contribution in [2.75, 3.05) is 19.4 Å². The van der Waals surface area contributed by atoms with Gasteiger partial charge in [-0.05, 0) is 60.7 Å². The largest absolute Gasteiger partial charge is 0.326 e. The van der Waals surface area contributed by atoms with Gasteiger partial charge in [0.25, 0.3) is 0 Å². The van der Waals surface area contributed by atoms with Gasteiger partial charge < -0.3 is 5.32 Å². The van der Waals surface area contributed by atoms with Crippen LogP contribution in [0.4, 0.5) is 5.69 Å². The van der Waals surface area contributed by atoms with Crippen molar-refractivity contribution in [3.05, 3.63) is 59.2 Å². The Morgan fingerprint density at radius 2 is 1.64 bits per heavy atom. The van der Waals surface area contributed by atoms with Gasteiger partial charge in [0.2, 0.25) is 15.9 Å². The molecule has 0 unspecified atom stereocenters. The molecule has 0 bridgehead atoms. The number of nitrogens with zero attached hydrogens (tertiary/aromatic N) is 1. The van der Waals surface area contributed by atoms with Gasteiger partial charge in [-0.3, -0.25) is 9.59 Å². The first kappa shape index (κ1) is 20.2. The van der Waals surface area contributed by atoms with Crippen LogP contribution in [0.5, 0.6) is 0 Å². The molecule has 0 aliphatic heterocycles. The maximum atomic E-state index is 12.4. The lowest BCUT2D eigenvalue weighted by Gasteiger charge is -2.12. The van der Waals surface area contributed by atoms with Crippen molar-refractivity contribution in [2.45, 2.75) is 37.0 Å². The molecule has 2 aromatic rings. The zero-order chi connectivity index (χ0) is 20.3. The molecule has 28 heavy (non-hydrogen) atoms. The van der Waals surface area contributed by atoms with Crippen LogP contribution >= 0.6 is 0 Å². The summed E-state index contributed by atoms with van der Waals surface area (Å²) in [5.74, 6) is -0.324. The SMILES string of the molecule is CN(C)S(=O)(=O)c1ccc(NC(=O)CCC(=O)c2ccc3c(c2)CCC3)cc1. The van der Waals surface area contributed by atoms with E-state index in [-0.39, 0.29) is 29.4 Å². The highest BCUT2D eigenvalue weighted by atomic mass is 32.2. The van der Waals surface area contributed by atoms with Crippen LogP contribution in [-0.4, -0.2) is 38.5 Å². The third-order valence-corrected chi connectivity index (χ3v) is 6.75. The van der Waals surface area contributed by atoms with Crippen LogP contribution in [0.1, 0.15) is 40.7 Å². The van der Waals surface area contributed by atoms with E-state index in [1.165, 1.54) is 49.5 Å². The predicted molar refractivity (Wildman–Crippen MR) is 108 cm³/mol. The van der Waals surface area contributed by atoms with Gasteiger partial charge >= 0.3 is 0 Å². The van der Waals surface area contributed by atoms with E-state index in [4.69, 9.17) is 0 Å². The number of fused-ring (bicyclic) bond motifs is 1. The van der Waals surface area contributed by atoms with Gasteiger partial charge in [-0.25, -0.2) is 12.7 Å². The number of amides is 1. The zero-order valence-corrected chi connectivity index (χ0v) is 16.9. The van der Waals surface area contributed by atoms with Crippen molar-refractivity contribution < 1.29 is 18.0 Å². The van der Waals surface area contributed by atoms with E-state index < -0.39 is 10.0 Å². The monoisotopic (exact) mass is 400 g/mol. The van der Waals surface area contributed by atoms with E-state index in [0.29, 0.717) is 11.3 Å². The summed E-state index contributed by atoms with van der Waals surface area (Å²) in [5, 5.41) is 2.70. The molecule has 0 saturated carbocycles. The maximum absolute atomic E-state index is 12.4. The number of sulfonamides is 1. The molecule has 1 aliphatic rings. The van der Waals surface area contributed by atoms with E-state index >= 15 is 0 Å². The van der Waals surface area contributed by atoms with Crippen LogP contribution in [0.15, 0.2) is 47.4 Å². The normalized spacial score (nSPS) is 13.4. The maximum Gasteiger partial charge on any atom is 0.242 e. The van der Waals surface area contributed by atoms with Gasteiger partial charge in [-0.2, -0.15) is 0 Å². The van der Waals surface area contributed by atoms with Gasteiger partial charge in [0.05, 0.1) is 4.90 Å². The molecule has 0 atom stereocenters. The van der Waals surface area contributed by atoms with Crippen molar-refractivity contribution in [3.8, 4) is 0 Å². The highest BCUT2D eigenvalue weighted by Crippen LogP contribution is 2.23. The first-order valence-corrected chi connectivity index (χ1v) is 10.7. The molecule has 148 valence electrons. The second-order valence-corrected chi connectivity index (χ2v) is 9.27. The second-order valence-electron chi connectivity index (χ2n) is 7.12. The van der Waals surface area contributed by atoms with E-state index in [1.54, 1.807) is 0 Å². The van der Waals surface area contributed by atoms with Gasteiger partial charge in [0.1, 0.15) is 0 Å². The third-order valence-electron chi connectivity index (χ3n) is 4.92. The minimum absolute atomic E-state index is 0.0442. The second kappa shape index (κ2) is 8.24. The van der Waals surface area contributed by atoms with E-state index in [9.17, 15) is 18.0 Å². The number of Topliss-reactive ketones (excluding diaryl/α,β-unsaturated/α-hetero) is 1. The van der Waals surface area contributed by atoms with Crippen molar-refractivity contribution in [1.29, 1.82) is 0 Å². The van der Waals surface area contributed by atoms with E-state index in [1.807, 2.05) is 18.2 Å². The molecule has 0 spiro atoms. The molecule has 0 aromatic heterocycles. The highest BCUT2D eigenvalue weighted by molar-refractivity contribution is 7.89. The summed E-state index contributed by atoms with van der Waals surface area (Å²) >= 11 is 0. The van der Waals surface area contributed by atoms with Crippen molar-refractivity contribution in [1.82, 2.24) is 4.31 Å². The summed E-state index contributed by atoms with van der Waals surface area (Å²) in [6.45, 7) is 0. The van der Waals surface area contributed by atoms with E-state index in [2.05, 4.69) is 5.32 Å². The summed E-state index contributed by atoms with van der Waals surface area (Å²) in [5.41, 5.74) is 3.71. The molecule has 7 heteroatoms. The van der Waals surface area contributed by atoms with Crippen LogP contribution in [0.25, 0.3) is 0 Å². The number of benzene rings is 2. The molecular weight excluding hydrogens is 376 g/mol. The highest BCUT2D eigenvalue weighted by Gasteiger charge is 2.17. The number of hydrogen-bond acceptors (Lipinski definition) is 4. The number of rotatable bonds is 7. The first-order chi connectivity index (χ1) is 13.3. The van der Waals surface area contributed by atoms with Crippen molar-refractivity contribution >= 4 is 27.4 Å². The Hall–Kier alpha value is -2.51. The smallest absolute Gasteiger partial charge is 0.242 e. The number of carbonyl (C=O) groups excluding carboxylic acids is 2. The van der Waals surface area contributed by atoms with Crippen LogP contribution in [0, 0.1) is 0 Å². The molecule has 3 rings (SSSR count). The Kier molecular flexibility index (Phi) is 5.96. The molecule has 0 radical (unpaired) electrons. The van der Waals surface area contributed by atoms with E-state index in [0.717, 1.165) is 23.6 Å². The summed E-state index contributed by atoms with van der Waals surface area (Å²) in [6.07, 6.45) is 3.42. The summed E-state index contributed by atoms with van der Waals surface area (Å²) < 4.78 is 25.2. The summed E-state index contributed by atoms with van der Waals surface area (Å²) in [6, 6.07) is 11.8. The Morgan fingerprint density at radius 3 is 2.32 bits per heavy atom. The topological polar surface area (TPSA) is 83.6 Å². The Bertz CT molecular complexity index is 996. The molecular formula is C21H24N2O4S. The fourth-order valence-corrected chi connectivity index (χ4v) is 4.16. The number of anilines is 1. The molecule has 2 aromatic carbocycles. The Morgan fingerprint density at radius 1 is 0.964 bits per heavy atom. The number of hydrogen-bond donors (Lipinski definition) is 1. The summed E-state index contributed by atoms with van der Waals surface area (Å²) in [4.78, 5) is 24.7. The Balaban J connectivity index is 1.55. The lowest BCUT2D eigenvalue weighted by Crippen LogP contribution is -2.22. The zero-order valence-electron chi connectivity index (χ0n) is 16.1. The van der Waals surface area contributed by atoms with Crippen molar-refractivity contribution in [3.63, 3.8) is 0 Å². The minimum Gasteiger partial charge on any atom is -0.326 e. The molecule has 1 N–H and O–H groups in total. The molecule has 1 amide bonds. The lowest BCUT2D eigenvalue weighted by atomic mass is 10.0. The average Bonchev–Trinajstić information content (AvgIpc) is 3.14. The van der Waals surface area contributed by atoms with Crippen LogP contribution < -0.4 is 5.32 Å². The molecule has 0 fully saturated rings. The average molecular weight is 401 g/mol. The van der Waals surface area contributed by atoms with Gasteiger partial charge in [0, 0.05) is 38.2 Å². The fraction of sp³-hybridized carbons (Fsp3) is 0.333. The number of ketones is 1. The molecule has 0 heterocycles. The first-order valence-electron chi connectivity index (χ1n) is 9.25. The van der Waals surface area contributed by atoms with Crippen molar-refractivity contribution in [2.24, 2.45) is 0 Å². The number of aryl methyl sites for hydroxylation is 2. The van der Waals surface area contributed by atoms with Crippen LogP contribution in [0.2, 0.25) is 0 Å². The standard InChI is InChI=1S/C21H24N2O4S/c1-23(2)28(26,27)19-10-8-18(9-11-19)22-21(25)13-12-20(24)17-7-6-15-4-3-5-16(15)14-17/h6-11,14H,3-5,12-13H2,1-2H3,(H,22,25). The molecule has 6 nitrogen and oxygen atoms in total. The Labute approximate surface area is 165 Å². The van der Waals surface area contributed by atoms with Crippen LogP contribution in [-0.2, 0) is 27.7 Å². The number of nitrogens with one attached hydrogen (secondary N) is 1. The van der Waals surface area contributed by atoms with Gasteiger partial charge in [0.15, 0.2) is 5.78 Å². The number of carbonyl (C=O) groups is 2. The molecule has 1 aliphatic carbocycles. The van der Waals surface area contributed by atoms with Crippen LogP contribution in [0.3, 0.4) is 0 Å². The lowest BCUT2D eigenvalue weighted by molar-refractivity contribution is -0.116. The van der Waals surface area contributed by atoms with Gasteiger partial charge in [-0.15, -0.1) is 0 Å². The molecule has 0 saturated heterocycles. The quantitative estimate of drug-likeness (QED) is 0.724. The van der Waals surface area contributed by atoms with Gasteiger partial charge in [-0.1, -0.05) is 12.1 Å². The third kappa shape index (κ3) is 4.48. The minimum atomic E-state index is -3.50. The predicted octanol–water partition coefficient (Wildman–Crippen LogP) is 3.03.